The van der Waals surface area contributed by atoms with Crippen LogP contribution in [0.1, 0.15) is 29.8 Å². The van der Waals surface area contributed by atoms with Crippen molar-refractivity contribution in [2.24, 2.45) is 0 Å². The highest BCUT2D eigenvalue weighted by Gasteiger charge is 2.25. The number of ether oxygens (including phenoxy) is 1. The van der Waals surface area contributed by atoms with Crippen LogP contribution in [0, 0.1) is 0 Å². The molecule has 1 amide bonds. The van der Waals surface area contributed by atoms with Crippen LogP contribution in [-0.4, -0.2) is 53.3 Å². The van der Waals surface area contributed by atoms with Crippen molar-refractivity contribution in [3.8, 4) is 10.8 Å². The summed E-state index contributed by atoms with van der Waals surface area (Å²) in [6.45, 7) is 2.08. The van der Waals surface area contributed by atoms with Crippen LogP contribution in [0.4, 0.5) is 0 Å². The summed E-state index contributed by atoms with van der Waals surface area (Å²) in [6, 6.07) is 3.64. The molecular weight excluding hydrogens is 316 g/mol. The number of rotatable bonds is 6. The maximum absolute atomic E-state index is 12.5. The number of furan rings is 1. The minimum absolute atomic E-state index is 0.0344. The van der Waals surface area contributed by atoms with E-state index < -0.39 is 0 Å². The van der Waals surface area contributed by atoms with Gasteiger partial charge in [0.2, 0.25) is 0 Å². The first-order valence-electron chi connectivity index (χ1n) is 7.79. The lowest BCUT2D eigenvalue weighted by molar-refractivity contribution is 0.00386. The van der Waals surface area contributed by atoms with Gasteiger partial charge >= 0.3 is 0 Å². The highest BCUT2D eigenvalue weighted by molar-refractivity contribution is 7.13. The van der Waals surface area contributed by atoms with Crippen LogP contribution in [0.3, 0.4) is 0 Å². The molecule has 1 fully saturated rings. The molecule has 0 spiro atoms. The number of piperidine rings is 1. The lowest BCUT2D eigenvalue weighted by atomic mass is 10.1. The van der Waals surface area contributed by atoms with E-state index in [0.717, 1.165) is 17.8 Å². The number of carbonyl (C=O) groups is 1. The zero-order valence-electron chi connectivity index (χ0n) is 12.8. The summed E-state index contributed by atoms with van der Waals surface area (Å²) in [5.41, 5.74) is 0.473. The van der Waals surface area contributed by atoms with E-state index in [0.29, 0.717) is 37.6 Å². The molecule has 2 aromatic heterocycles. The largest absolute Gasteiger partial charge is 0.462 e. The van der Waals surface area contributed by atoms with Crippen molar-refractivity contribution in [3.63, 3.8) is 0 Å². The van der Waals surface area contributed by atoms with Gasteiger partial charge in [0.1, 0.15) is 5.69 Å². The number of aromatic nitrogens is 1. The fraction of sp³-hybridized carbons (Fsp3) is 0.500. The van der Waals surface area contributed by atoms with Gasteiger partial charge in [-0.05, 0) is 31.4 Å². The molecule has 2 aromatic rings. The summed E-state index contributed by atoms with van der Waals surface area (Å²) in [6.07, 6.45) is 4.09. The first kappa shape index (κ1) is 16.2. The molecule has 0 aromatic carbocycles. The second-order valence-corrected chi connectivity index (χ2v) is 6.31. The number of aliphatic hydroxyl groups excluding tert-OH is 1. The van der Waals surface area contributed by atoms with Crippen LogP contribution in [0.2, 0.25) is 0 Å². The number of amides is 1. The highest BCUT2D eigenvalue weighted by Crippen LogP contribution is 2.25. The molecule has 0 atom stereocenters. The molecule has 7 heteroatoms. The van der Waals surface area contributed by atoms with E-state index >= 15 is 0 Å². The molecule has 124 valence electrons. The predicted molar refractivity (Wildman–Crippen MR) is 86.4 cm³/mol. The van der Waals surface area contributed by atoms with Gasteiger partial charge in [0, 0.05) is 31.7 Å². The zero-order chi connectivity index (χ0) is 16.1. The first-order valence-corrected chi connectivity index (χ1v) is 8.67. The molecule has 1 aliphatic heterocycles. The highest BCUT2D eigenvalue weighted by atomic mass is 32.1. The van der Waals surface area contributed by atoms with Crippen molar-refractivity contribution in [1.29, 1.82) is 0 Å². The fourth-order valence-electron chi connectivity index (χ4n) is 2.59. The van der Waals surface area contributed by atoms with E-state index in [1.807, 2.05) is 11.0 Å². The van der Waals surface area contributed by atoms with Crippen molar-refractivity contribution < 1.29 is 19.1 Å². The number of likely N-dealkylation sites (tertiary alicyclic amines) is 1. The standard InChI is InChI=1S/C16H20N2O4S/c19-8-2-10-21-12-4-6-18(7-5-12)16(20)13-11-23-15(17-13)14-3-1-9-22-14/h1,3,9,11-12,19H,2,4-8,10H2. The number of hydrogen-bond donors (Lipinski definition) is 1. The number of aliphatic hydroxyl groups is 1. The summed E-state index contributed by atoms with van der Waals surface area (Å²) >= 11 is 1.41. The van der Waals surface area contributed by atoms with Crippen LogP contribution >= 0.6 is 11.3 Å². The van der Waals surface area contributed by atoms with Gasteiger partial charge in [-0.25, -0.2) is 4.98 Å². The van der Waals surface area contributed by atoms with Gasteiger partial charge in [-0.15, -0.1) is 11.3 Å². The zero-order valence-corrected chi connectivity index (χ0v) is 13.6. The van der Waals surface area contributed by atoms with E-state index in [4.69, 9.17) is 14.3 Å². The second-order valence-electron chi connectivity index (χ2n) is 5.45. The summed E-state index contributed by atoms with van der Waals surface area (Å²) in [4.78, 5) is 18.7. The van der Waals surface area contributed by atoms with Crippen LogP contribution < -0.4 is 0 Å². The molecule has 3 rings (SSSR count). The number of thiazole rings is 1. The minimum Gasteiger partial charge on any atom is -0.462 e. The topological polar surface area (TPSA) is 75.8 Å². The third-order valence-corrected chi connectivity index (χ3v) is 4.70. The van der Waals surface area contributed by atoms with Crippen LogP contribution in [0.5, 0.6) is 0 Å². The molecule has 3 heterocycles. The number of hydrogen-bond acceptors (Lipinski definition) is 6. The molecule has 0 saturated carbocycles. The monoisotopic (exact) mass is 336 g/mol. The van der Waals surface area contributed by atoms with Crippen molar-refractivity contribution in [1.82, 2.24) is 9.88 Å². The summed E-state index contributed by atoms with van der Waals surface area (Å²) in [5.74, 6) is 0.651. The molecular formula is C16H20N2O4S. The Morgan fingerprint density at radius 3 is 3.00 bits per heavy atom. The van der Waals surface area contributed by atoms with E-state index in [1.54, 1.807) is 17.7 Å². The average molecular weight is 336 g/mol. The smallest absolute Gasteiger partial charge is 0.273 e. The Balaban J connectivity index is 1.53. The molecule has 0 unspecified atom stereocenters. The van der Waals surface area contributed by atoms with Crippen LogP contribution in [0.25, 0.3) is 10.8 Å². The number of nitrogens with zero attached hydrogens (tertiary/aromatic N) is 2. The van der Waals surface area contributed by atoms with E-state index in [9.17, 15) is 4.79 Å². The third-order valence-electron chi connectivity index (χ3n) is 3.84. The second kappa shape index (κ2) is 7.72. The van der Waals surface area contributed by atoms with Gasteiger partial charge in [-0.2, -0.15) is 0 Å². The predicted octanol–water partition coefficient (Wildman–Crippen LogP) is 2.41. The van der Waals surface area contributed by atoms with Crippen molar-refractivity contribution in [2.75, 3.05) is 26.3 Å². The van der Waals surface area contributed by atoms with Gasteiger partial charge in [-0.3, -0.25) is 4.79 Å². The molecule has 6 nitrogen and oxygen atoms in total. The Labute approximate surface area is 138 Å². The van der Waals surface area contributed by atoms with Crippen LogP contribution in [-0.2, 0) is 4.74 Å². The van der Waals surface area contributed by atoms with Gasteiger partial charge in [0.25, 0.3) is 5.91 Å². The number of carbonyl (C=O) groups excluding carboxylic acids is 1. The molecule has 1 saturated heterocycles. The van der Waals surface area contributed by atoms with Crippen LogP contribution in [0.15, 0.2) is 28.2 Å². The Bertz CT molecular complexity index is 618. The minimum atomic E-state index is -0.0344. The molecule has 0 radical (unpaired) electrons. The van der Waals surface area contributed by atoms with E-state index in [1.165, 1.54) is 11.3 Å². The normalized spacial score (nSPS) is 16.0. The molecule has 0 aliphatic carbocycles. The van der Waals surface area contributed by atoms with Gasteiger partial charge in [-0.1, -0.05) is 0 Å². The lowest BCUT2D eigenvalue weighted by Gasteiger charge is -2.31. The van der Waals surface area contributed by atoms with Gasteiger partial charge < -0.3 is 19.2 Å². The molecule has 1 aliphatic rings. The fourth-order valence-corrected chi connectivity index (χ4v) is 3.35. The first-order chi connectivity index (χ1) is 11.3. The summed E-state index contributed by atoms with van der Waals surface area (Å²) in [5, 5.41) is 11.3. The van der Waals surface area contributed by atoms with Crippen molar-refractivity contribution in [2.45, 2.75) is 25.4 Å². The quantitative estimate of drug-likeness (QED) is 0.820. The molecule has 1 N–H and O–H groups in total. The lowest BCUT2D eigenvalue weighted by Crippen LogP contribution is -2.41. The van der Waals surface area contributed by atoms with Gasteiger partial charge in [0.15, 0.2) is 10.8 Å². The van der Waals surface area contributed by atoms with E-state index in [2.05, 4.69) is 4.98 Å². The Morgan fingerprint density at radius 1 is 1.48 bits per heavy atom. The molecule has 23 heavy (non-hydrogen) atoms. The maximum Gasteiger partial charge on any atom is 0.273 e. The third kappa shape index (κ3) is 3.99. The Hall–Kier alpha value is -1.70. The Morgan fingerprint density at radius 2 is 2.30 bits per heavy atom. The average Bonchev–Trinajstić information content (AvgIpc) is 3.26. The van der Waals surface area contributed by atoms with Crippen molar-refractivity contribution in [3.05, 3.63) is 29.5 Å². The van der Waals surface area contributed by atoms with Crippen molar-refractivity contribution >= 4 is 17.2 Å². The molecule has 0 bridgehead atoms. The van der Waals surface area contributed by atoms with E-state index in [-0.39, 0.29) is 18.6 Å². The summed E-state index contributed by atoms with van der Waals surface area (Å²) < 4.78 is 11.0. The Kier molecular flexibility index (Phi) is 5.43. The summed E-state index contributed by atoms with van der Waals surface area (Å²) in [7, 11) is 0. The maximum atomic E-state index is 12.5. The van der Waals surface area contributed by atoms with Gasteiger partial charge in [0.05, 0.1) is 12.4 Å². The SMILES string of the molecule is O=C(c1csc(-c2ccco2)n1)N1CCC(OCCCO)CC1.